The lowest BCUT2D eigenvalue weighted by molar-refractivity contribution is 0.642. The van der Waals surface area contributed by atoms with Gasteiger partial charge in [0.15, 0.2) is 0 Å². The Bertz CT molecular complexity index is 755. The smallest absolute Gasteiger partial charge is 0.330 e. The standard InChI is InChI=1S/C13H20N6O2/c1-4-5-19-11(14)10(12(20)16-13(19)21)15-6-9-7-18(3)17-8(9)2/h7,15H,4-6,14H2,1-3H3,(H,16,20,21). The third-order valence-electron chi connectivity index (χ3n) is 3.26. The molecule has 0 fully saturated rings. The number of aryl methyl sites for hydroxylation is 2. The molecule has 8 heteroatoms. The topological polar surface area (TPSA) is 111 Å². The minimum absolute atomic E-state index is 0.159. The monoisotopic (exact) mass is 292 g/mol. The number of rotatable bonds is 5. The van der Waals surface area contributed by atoms with Crippen LogP contribution in [0.2, 0.25) is 0 Å². The lowest BCUT2D eigenvalue weighted by atomic mass is 10.2. The molecule has 0 aliphatic heterocycles. The van der Waals surface area contributed by atoms with Gasteiger partial charge in [-0.2, -0.15) is 5.10 Å². The molecule has 0 amide bonds. The van der Waals surface area contributed by atoms with Crippen molar-refractivity contribution in [2.45, 2.75) is 33.4 Å². The van der Waals surface area contributed by atoms with Crippen molar-refractivity contribution in [1.29, 1.82) is 0 Å². The number of H-pyrrole nitrogens is 1. The second-order valence-corrected chi connectivity index (χ2v) is 4.94. The summed E-state index contributed by atoms with van der Waals surface area (Å²) in [6.45, 7) is 4.70. The van der Waals surface area contributed by atoms with Crippen LogP contribution in [0.4, 0.5) is 11.5 Å². The molecule has 0 aliphatic rings. The summed E-state index contributed by atoms with van der Waals surface area (Å²) in [5.74, 6) is 0.159. The normalized spacial score (nSPS) is 10.8. The molecule has 0 aliphatic carbocycles. The summed E-state index contributed by atoms with van der Waals surface area (Å²) >= 11 is 0. The highest BCUT2D eigenvalue weighted by atomic mass is 16.2. The van der Waals surface area contributed by atoms with Gasteiger partial charge in [0.05, 0.1) is 5.69 Å². The van der Waals surface area contributed by atoms with E-state index in [0.717, 1.165) is 17.7 Å². The number of nitrogen functional groups attached to an aromatic ring is 1. The van der Waals surface area contributed by atoms with Crippen molar-refractivity contribution in [3.8, 4) is 0 Å². The molecule has 21 heavy (non-hydrogen) atoms. The number of hydrogen-bond acceptors (Lipinski definition) is 5. The van der Waals surface area contributed by atoms with E-state index in [2.05, 4.69) is 15.4 Å². The second kappa shape index (κ2) is 5.86. The quantitative estimate of drug-likeness (QED) is 0.728. The molecule has 0 aromatic carbocycles. The molecule has 2 aromatic heterocycles. The van der Waals surface area contributed by atoms with Crippen molar-refractivity contribution in [3.63, 3.8) is 0 Å². The van der Waals surface area contributed by atoms with Gasteiger partial charge in [-0.05, 0) is 13.3 Å². The Morgan fingerprint density at radius 3 is 2.71 bits per heavy atom. The van der Waals surface area contributed by atoms with Crippen LogP contribution in [0, 0.1) is 6.92 Å². The van der Waals surface area contributed by atoms with E-state index >= 15 is 0 Å². The van der Waals surface area contributed by atoms with E-state index in [1.807, 2.05) is 27.1 Å². The Morgan fingerprint density at radius 1 is 1.43 bits per heavy atom. The average molecular weight is 292 g/mol. The molecule has 0 unspecified atom stereocenters. The number of aromatic amines is 1. The molecule has 8 nitrogen and oxygen atoms in total. The molecule has 114 valence electrons. The van der Waals surface area contributed by atoms with Crippen LogP contribution in [-0.2, 0) is 20.1 Å². The summed E-state index contributed by atoms with van der Waals surface area (Å²) in [7, 11) is 1.83. The number of nitrogens with zero attached hydrogens (tertiary/aromatic N) is 3. The van der Waals surface area contributed by atoms with Crippen molar-refractivity contribution in [2.75, 3.05) is 11.1 Å². The van der Waals surface area contributed by atoms with Crippen molar-refractivity contribution < 1.29 is 0 Å². The van der Waals surface area contributed by atoms with E-state index in [9.17, 15) is 9.59 Å². The van der Waals surface area contributed by atoms with Crippen molar-refractivity contribution in [2.24, 2.45) is 7.05 Å². The zero-order valence-corrected chi connectivity index (χ0v) is 12.4. The van der Waals surface area contributed by atoms with Crippen LogP contribution in [0.1, 0.15) is 24.6 Å². The van der Waals surface area contributed by atoms with Gasteiger partial charge in [-0.3, -0.25) is 19.0 Å². The summed E-state index contributed by atoms with van der Waals surface area (Å²) in [4.78, 5) is 25.9. The first kappa shape index (κ1) is 14.9. The van der Waals surface area contributed by atoms with Crippen molar-refractivity contribution >= 4 is 11.5 Å². The van der Waals surface area contributed by atoms with Crippen molar-refractivity contribution in [1.82, 2.24) is 19.3 Å². The maximum atomic E-state index is 11.9. The third-order valence-corrected chi connectivity index (χ3v) is 3.26. The van der Waals surface area contributed by atoms with E-state index < -0.39 is 11.2 Å². The lowest BCUT2D eigenvalue weighted by Crippen LogP contribution is -2.34. The fraction of sp³-hybridized carbons (Fsp3) is 0.462. The minimum Gasteiger partial charge on any atom is -0.383 e. The van der Waals surface area contributed by atoms with Crippen LogP contribution in [0.15, 0.2) is 15.8 Å². The largest absolute Gasteiger partial charge is 0.383 e. The van der Waals surface area contributed by atoms with E-state index in [1.165, 1.54) is 4.57 Å². The highest BCUT2D eigenvalue weighted by Gasteiger charge is 2.12. The number of nitrogens with one attached hydrogen (secondary N) is 2. The van der Waals surface area contributed by atoms with Crippen LogP contribution in [-0.4, -0.2) is 19.3 Å². The first-order chi connectivity index (χ1) is 9.93. The Labute approximate surface area is 121 Å². The molecular formula is C13H20N6O2. The Hall–Kier alpha value is -2.51. The molecule has 4 N–H and O–H groups in total. The third kappa shape index (κ3) is 2.99. The number of hydrogen-bond donors (Lipinski definition) is 3. The molecule has 0 radical (unpaired) electrons. The second-order valence-electron chi connectivity index (χ2n) is 4.94. The van der Waals surface area contributed by atoms with E-state index in [-0.39, 0.29) is 11.5 Å². The van der Waals surface area contributed by atoms with Gasteiger partial charge in [-0.1, -0.05) is 6.92 Å². The van der Waals surface area contributed by atoms with Gasteiger partial charge in [-0.25, -0.2) is 4.79 Å². The average Bonchev–Trinajstić information content (AvgIpc) is 2.72. The molecule has 2 aromatic rings. The predicted octanol–water partition coefficient (Wildman–Crippen LogP) is 0.183. The summed E-state index contributed by atoms with van der Waals surface area (Å²) < 4.78 is 3.07. The number of anilines is 2. The Morgan fingerprint density at radius 2 is 2.14 bits per heavy atom. The van der Waals surface area contributed by atoms with Crippen LogP contribution >= 0.6 is 0 Å². The van der Waals surface area contributed by atoms with Crippen LogP contribution in [0.3, 0.4) is 0 Å². The van der Waals surface area contributed by atoms with Crippen LogP contribution < -0.4 is 22.3 Å². The van der Waals surface area contributed by atoms with Gasteiger partial charge in [0.2, 0.25) is 0 Å². The van der Waals surface area contributed by atoms with E-state index in [0.29, 0.717) is 13.1 Å². The van der Waals surface area contributed by atoms with Crippen LogP contribution in [0.25, 0.3) is 0 Å². The highest BCUT2D eigenvalue weighted by molar-refractivity contribution is 5.60. The molecule has 0 spiro atoms. The van der Waals surface area contributed by atoms with Gasteiger partial charge in [0.25, 0.3) is 5.56 Å². The van der Waals surface area contributed by atoms with Crippen molar-refractivity contribution in [3.05, 3.63) is 38.3 Å². The van der Waals surface area contributed by atoms with Gasteiger partial charge >= 0.3 is 5.69 Å². The first-order valence-corrected chi connectivity index (χ1v) is 6.79. The fourth-order valence-corrected chi connectivity index (χ4v) is 2.21. The highest BCUT2D eigenvalue weighted by Crippen LogP contribution is 2.13. The number of nitrogens with two attached hydrogens (primary N) is 1. The lowest BCUT2D eigenvalue weighted by Gasteiger charge is -2.13. The molecular weight excluding hydrogens is 272 g/mol. The van der Waals surface area contributed by atoms with Gasteiger partial charge in [-0.15, -0.1) is 0 Å². The molecule has 2 heterocycles. The van der Waals surface area contributed by atoms with Crippen LogP contribution in [0.5, 0.6) is 0 Å². The Balaban J connectivity index is 2.32. The molecule has 0 atom stereocenters. The fourth-order valence-electron chi connectivity index (χ4n) is 2.21. The summed E-state index contributed by atoms with van der Waals surface area (Å²) in [5, 5.41) is 7.23. The summed E-state index contributed by atoms with van der Waals surface area (Å²) in [5.41, 5.74) is 7.00. The zero-order valence-electron chi connectivity index (χ0n) is 12.4. The van der Waals surface area contributed by atoms with E-state index in [1.54, 1.807) is 4.68 Å². The minimum atomic E-state index is -0.508. The predicted molar refractivity (Wildman–Crippen MR) is 81.3 cm³/mol. The summed E-state index contributed by atoms with van der Waals surface area (Å²) in [6, 6.07) is 0. The Kier molecular flexibility index (Phi) is 4.15. The maximum Gasteiger partial charge on any atom is 0.330 e. The van der Waals surface area contributed by atoms with Gasteiger partial charge in [0.1, 0.15) is 11.5 Å². The first-order valence-electron chi connectivity index (χ1n) is 6.79. The summed E-state index contributed by atoms with van der Waals surface area (Å²) in [6.07, 6.45) is 2.62. The van der Waals surface area contributed by atoms with E-state index in [4.69, 9.17) is 5.73 Å². The number of aromatic nitrogens is 4. The molecule has 2 rings (SSSR count). The molecule has 0 saturated heterocycles. The molecule has 0 saturated carbocycles. The maximum absolute atomic E-state index is 11.9. The SMILES string of the molecule is CCCn1c(N)c(NCc2cn(C)nc2C)c(=O)[nH]c1=O. The zero-order chi connectivity index (χ0) is 15.6. The van der Waals surface area contributed by atoms with Gasteiger partial charge in [0, 0.05) is 31.9 Å². The van der Waals surface area contributed by atoms with Gasteiger partial charge < -0.3 is 11.1 Å². The molecule has 0 bridgehead atoms.